The molecule has 0 saturated heterocycles. The van der Waals surface area contributed by atoms with Crippen LogP contribution in [0.4, 0.5) is 0 Å². The van der Waals surface area contributed by atoms with Crippen LogP contribution in [0.2, 0.25) is 0 Å². The molecule has 1 aromatic rings. The Balaban J connectivity index is 1.52. The largest absolute Gasteiger partial charge is 0.328 e. The second-order valence-corrected chi connectivity index (χ2v) is 5.50. The summed E-state index contributed by atoms with van der Waals surface area (Å²) < 4.78 is 0. The maximum Gasteiger partial charge on any atom is 0.0270 e. The summed E-state index contributed by atoms with van der Waals surface area (Å²) in [6, 6.07) is 4.78. The summed E-state index contributed by atoms with van der Waals surface area (Å²) in [6.45, 7) is 0. The summed E-state index contributed by atoms with van der Waals surface area (Å²) in [6.07, 6.45) is 10.4. The van der Waals surface area contributed by atoms with Crippen molar-refractivity contribution >= 4 is 0 Å². The fourth-order valence-corrected chi connectivity index (χ4v) is 3.55. The lowest BCUT2D eigenvalue weighted by atomic mass is 9.49. The molecule has 1 spiro atoms. The van der Waals surface area contributed by atoms with Crippen molar-refractivity contribution in [2.24, 2.45) is 17.1 Å². The first-order valence-electron chi connectivity index (χ1n) is 5.90. The van der Waals surface area contributed by atoms with Crippen molar-refractivity contribution in [2.75, 3.05) is 0 Å². The molecule has 0 amide bonds. The molecule has 2 fully saturated rings. The van der Waals surface area contributed by atoms with Crippen molar-refractivity contribution < 1.29 is 0 Å². The molecule has 0 radical (unpaired) electrons. The summed E-state index contributed by atoms with van der Waals surface area (Å²) in [7, 11) is 0. The number of nitrogens with two attached hydrogens (primary N) is 1. The van der Waals surface area contributed by atoms with Crippen LogP contribution in [0.1, 0.15) is 31.2 Å². The Hall–Kier alpha value is -0.890. The highest BCUT2D eigenvalue weighted by atomic mass is 14.7. The molecule has 80 valence electrons. The molecule has 0 aliphatic heterocycles. The molecule has 1 heterocycles. The first-order valence-corrected chi connectivity index (χ1v) is 5.90. The van der Waals surface area contributed by atoms with Crippen LogP contribution in [0.25, 0.3) is 0 Å². The first kappa shape index (κ1) is 9.34. The van der Waals surface area contributed by atoms with E-state index in [-0.39, 0.29) is 0 Å². The molecular weight excluding hydrogens is 184 g/mol. The number of nitrogens with zero attached hydrogens (tertiary/aromatic N) is 1. The van der Waals surface area contributed by atoms with Crippen molar-refractivity contribution in [3.8, 4) is 0 Å². The van der Waals surface area contributed by atoms with E-state index in [2.05, 4.69) is 17.1 Å². The lowest BCUT2D eigenvalue weighted by molar-refractivity contribution is -0.0384. The average Bonchev–Trinajstić information content (AvgIpc) is 2.14. The number of hydrogen-bond acceptors (Lipinski definition) is 2. The number of hydrogen-bond donors (Lipinski definition) is 1. The van der Waals surface area contributed by atoms with E-state index in [4.69, 9.17) is 5.73 Å². The molecule has 0 aromatic carbocycles. The van der Waals surface area contributed by atoms with Crippen LogP contribution in [-0.2, 0) is 6.42 Å². The van der Waals surface area contributed by atoms with E-state index in [9.17, 15) is 0 Å². The zero-order chi connectivity index (χ0) is 10.3. The minimum absolute atomic E-state index is 0.506. The van der Waals surface area contributed by atoms with Crippen molar-refractivity contribution in [1.82, 2.24) is 4.98 Å². The third-order valence-electron chi connectivity index (χ3n) is 4.11. The summed E-state index contributed by atoms with van der Waals surface area (Å²) in [4.78, 5) is 4.05. The van der Waals surface area contributed by atoms with Gasteiger partial charge in [0.25, 0.3) is 0 Å². The maximum atomic E-state index is 5.85. The number of pyridine rings is 1. The average molecular weight is 202 g/mol. The van der Waals surface area contributed by atoms with Gasteiger partial charge in [-0.2, -0.15) is 0 Å². The minimum Gasteiger partial charge on any atom is -0.328 e. The van der Waals surface area contributed by atoms with E-state index in [0.29, 0.717) is 11.5 Å². The molecule has 2 aliphatic rings. The molecule has 2 nitrogen and oxygen atoms in total. The Labute approximate surface area is 90.9 Å². The van der Waals surface area contributed by atoms with Gasteiger partial charge in [0, 0.05) is 18.4 Å². The molecule has 2 N–H and O–H groups in total. The predicted molar refractivity (Wildman–Crippen MR) is 60.3 cm³/mol. The molecule has 0 unspecified atom stereocenters. The highest BCUT2D eigenvalue weighted by molar-refractivity contribution is 5.14. The van der Waals surface area contributed by atoms with Crippen LogP contribution in [0, 0.1) is 11.3 Å². The molecule has 2 heteroatoms. The third kappa shape index (κ3) is 1.67. The second-order valence-electron chi connectivity index (χ2n) is 5.50. The van der Waals surface area contributed by atoms with Gasteiger partial charge in [0.15, 0.2) is 0 Å². The molecule has 0 atom stereocenters. The standard InChI is InChI=1S/C13H18N2/c14-12-8-13(9-12)6-11(7-13)5-10-1-3-15-4-2-10/h1-4,11-12H,5-9,14H2. The van der Waals surface area contributed by atoms with Gasteiger partial charge in [-0.1, -0.05) is 0 Å². The van der Waals surface area contributed by atoms with E-state index in [0.717, 1.165) is 5.92 Å². The summed E-state index contributed by atoms with van der Waals surface area (Å²) >= 11 is 0. The Morgan fingerprint density at radius 1 is 1.20 bits per heavy atom. The molecule has 15 heavy (non-hydrogen) atoms. The van der Waals surface area contributed by atoms with Gasteiger partial charge >= 0.3 is 0 Å². The van der Waals surface area contributed by atoms with Crippen molar-refractivity contribution in [1.29, 1.82) is 0 Å². The molecular formula is C13H18N2. The lowest BCUT2D eigenvalue weighted by Gasteiger charge is -2.57. The highest BCUT2D eigenvalue weighted by Gasteiger charge is 2.51. The smallest absolute Gasteiger partial charge is 0.0270 e. The molecule has 3 rings (SSSR count). The molecule has 2 aliphatic carbocycles. The van der Waals surface area contributed by atoms with Crippen LogP contribution in [-0.4, -0.2) is 11.0 Å². The van der Waals surface area contributed by atoms with E-state index in [1.165, 1.54) is 37.7 Å². The van der Waals surface area contributed by atoms with Gasteiger partial charge in [-0.25, -0.2) is 0 Å². The van der Waals surface area contributed by atoms with Gasteiger partial charge in [0.2, 0.25) is 0 Å². The topological polar surface area (TPSA) is 38.9 Å². The lowest BCUT2D eigenvalue weighted by Crippen LogP contribution is -2.53. The van der Waals surface area contributed by atoms with Gasteiger partial charge in [-0.3, -0.25) is 4.98 Å². The van der Waals surface area contributed by atoms with Crippen LogP contribution in [0.5, 0.6) is 0 Å². The van der Waals surface area contributed by atoms with E-state index >= 15 is 0 Å². The Kier molecular flexibility index (Phi) is 2.06. The Morgan fingerprint density at radius 3 is 2.47 bits per heavy atom. The number of aromatic nitrogens is 1. The van der Waals surface area contributed by atoms with Gasteiger partial charge in [-0.05, 0) is 61.1 Å². The van der Waals surface area contributed by atoms with E-state index in [1.807, 2.05) is 12.4 Å². The Bertz CT molecular complexity index is 333. The number of rotatable bonds is 2. The second kappa shape index (κ2) is 3.31. The quantitative estimate of drug-likeness (QED) is 0.798. The summed E-state index contributed by atoms with van der Waals surface area (Å²) in [5.41, 5.74) is 7.97. The van der Waals surface area contributed by atoms with Crippen LogP contribution < -0.4 is 5.73 Å². The van der Waals surface area contributed by atoms with E-state index < -0.39 is 0 Å². The zero-order valence-corrected chi connectivity index (χ0v) is 9.02. The fourth-order valence-electron chi connectivity index (χ4n) is 3.55. The van der Waals surface area contributed by atoms with Crippen molar-refractivity contribution in [3.05, 3.63) is 30.1 Å². The fraction of sp³-hybridized carbons (Fsp3) is 0.615. The van der Waals surface area contributed by atoms with Crippen molar-refractivity contribution in [2.45, 2.75) is 38.1 Å². The van der Waals surface area contributed by atoms with E-state index in [1.54, 1.807) is 0 Å². The van der Waals surface area contributed by atoms with Crippen LogP contribution in [0.15, 0.2) is 24.5 Å². The third-order valence-corrected chi connectivity index (χ3v) is 4.11. The monoisotopic (exact) mass is 202 g/mol. The maximum absolute atomic E-state index is 5.85. The van der Waals surface area contributed by atoms with Crippen molar-refractivity contribution in [3.63, 3.8) is 0 Å². The minimum atomic E-state index is 0.506. The highest BCUT2D eigenvalue weighted by Crippen LogP contribution is 2.58. The molecule has 0 bridgehead atoms. The molecule has 1 aromatic heterocycles. The SMILES string of the molecule is NC1CC2(C1)CC(Cc1ccncc1)C2. The van der Waals surface area contributed by atoms with Gasteiger partial charge in [-0.15, -0.1) is 0 Å². The summed E-state index contributed by atoms with van der Waals surface area (Å²) in [5, 5.41) is 0. The van der Waals surface area contributed by atoms with Gasteiger partial charge in [0.1, 0.15) is 0 Å². The van der Waals surface area contributed by atoms with Gasteiger partial charge < -0.3 is 5.73 Å². The molecule has 2 saturated carbocycles. The first-order chi connectivity index (χ1) is 7.26. The summed E-state index contributed by atoms with van der Waals surface area (Å²) in [5.74, 6) is 0.903. The Morgan fingerprint density at radius 2 is 1.87 bits per heavy atom. The van der Waals surface area contributed by atoms with Gasteiger partial charge in [0.05, 0.1) is 0 Å². The normalized spacial score (nSPS) is 38.5. The zero-order valence-electron chi connectivity index (χ0n) is 9.02. The predicted octanol–water partition coefficient (Wildman–Crippen LogP) is 2.14. The van der Waals surface area contributed by atoms with Crippen LogP contribution >= 0.6 is 0 Å². The van der Waals surface area contributed by atoms with Crippen LogP contribution in [0.3, 0.4) is 0 Å².